The number of thioether (sulfide) groups is 1. The van der Waals surface area contributed by atoms with Gasteiger partial charge in [-0.25, -0.2) is 9.07 Å². The van der Waals surface area contributed by atoms with E-state index in [0.717, 1.165) is 5.56 Å². The molecule has 0 saturated heterocycles. The molecule has 0 aliphatic rings. The smallest absolute Gasteiger partial charge is 0.233 e. The van der Waals surface area contributed by atoms with Crippen LogP contribution in [0.4, 0.5) is 4.39 Å². The van der Waals surface area contributed by atoms with Crippen molar-refractivity contribution >= 4 is 17.7 Å². The Hall–Kier alpha value is -1.96. The van der Waals surface area contributed by atoms with Gasteiger partial charge in [0.25, 0.3) is 0 Å². The number of carbonyl (C=O) groups excluding carboxylic acids is 1. The Balaban J connectivity index is 1.95. The van der Waals surface area contributed by atoms with Gasteiger partial charge in [0.1, 0.15) is 5.82 Å². The van der Waals surface area contributed by atoms with Gasteiger partial charge >= 0.3 is 0 Å². The van der Waals surface area contributed by atoms with Crippen molar-refractivity contribution in [3.63, 3.8) is 0 Å². The van der Waals surface area contributed by atoms with E-state index in [1.165, 1.54) is 28.6 Å². The number of hydrogen-bond acceptors (Lipinski definition) is 5. The first-order valence-electron chi connectivity index (χ1n) is 6.35. The zero-order valence-electron chi connectivity index (χ0n) is 12.0. The number of aromatic nitrogens is 4. The van der Waals surface area contributed by atoms with E-state index < -0.39 is 0 Å². The van der Waals surface area contributed by atoms with Gasteiger partial charge in [-0.05, 0) is 35.0 Å². The Kier molecular flexibility index (Phi) is 4.89. The number of rotatable bonds is 5. The molecule has 1 aromatic heterocycles. The molecule has 0 radical (unpaired) electrons. The second-order valence-electron chi connectivity index (χ2n) is 4.61. The van der Waals surface area contributed by atoms with Gasteiger partial charge in [0, 0.05) is 14.1 Å². The molecule has 0 aliphatic heterocycles. The topological polar surface area (TPSA) is 63.9 Å². The molecular formula is C13H16FN5OS. The van der Waals surface area contributed by atoms with Crippen LogP contribution in [0.1, 0.15) is 18.5 Å². The maximum Gasteiger partial charge on any atom is 0.233 e. The molecule has 0 unspecified atom stereocenters. The summed E-state index contributed by atoms with van der Waals surface area (Å²) in [6.07, 6.45) is 0. The molecule has 2 rings (SSSR count). The second kappa shape index (κ2) is 6.66. The molecule has 1 aromatic carbocycles. The first-order valence-corrected chi connectivity index (χ1v) is 7.34. The summed E-state index contributed by atoms with van der Waals surface area (Å²) < 4.78 is 14.4. The Morgan fingerprint density at radius 3 is 2.67 bits per heavy atom. The van der Waals surface area contributed by atoms with Crippen LogP contribution >= 0.6 is 11.8 Å². The second-order valence-corrected chi connectivity index (χ2v) is 5.55. The molecule has 0 fully saturated rings. The van der Waals surface area contributed by atoms with E-state index in [4.69, 9.17) is 0 Å². The van der Waals surface area contributed by atoms with Gasteiger partial charge in [-0.3, -0.25) is 4.79 Å². The predicted octanol–water partition coefficient (Wildman–Crippen LogP) is 1.66. The van der Waals surface area contributed by atoms with Crippen molar-refractivity contribution in [2.75, 3.05) is 12.8 Å². The van der Waals surface area contributed by atoms with Crippen molar-refractivity contribution in [1.29, 1.82) is 0 Å². The zero-order valence-corrected chi connectivity index (χ0v) is 12.8. The van der Waals surface area contributed by atoms with Gasteiger partial charge in [0.2, 0.25) is 11.1 Å². The molecule has 112 valence electrons. The van der Waals surface area contributed by atoms with E-state index in [1.54, 1.807) is 31.1 Å². The summed E-state index contributed by atoms with van der Waals surface area (Å²) in [5.74, 6) is -0.0823. The van der Waals surface area contributed by atoms with Crippen LogP contribution in [0.3, 0.4) is 0 Å². The summed E-state index contributed by atoms with van der Waals surface area (Å²) in [7, 11) is 3.45. The molecule has 0 spiro atoms. The Labute approximate surface area is 126 Å². The summed E-state index contributed by atoms with van der Waals surface area (Å²) in [6, 6.07) is 6.03. The van der Waals surface area contributed by atoms with Gasteiger partial charge in [0.15, 0.2) is 0 Å². The van der Waals surface area contributed by atoms with Crippen molar-refractivity contribution in [3.8, 4) is 0 Å². The van der Waals surface area contributed by atoms with Crippen LogP contribution in [-0.2, 0) is 11.8 Å². The third kappa shape index (κ3) is 3.78. The van der Waals surface area contributed by atoms with E-state index in [0.29, 0.717) is 5.16 Å². The average Bonchev–Trinajstić information content (AvgIpc) is 2.89. The minimum absolute atomic E-state index is 0.0418. The number of aryl methyl sites for hydroxylation is 1. The third-order valence-electron chi connectivity index (χ3n) is 3.23. The number of amides is 1. The molecule has 6 nitrogen and oxygen atoms in total. The minimum Gasteiger partial charge on any atom is -0.338 e. The van der Waals surface area contributed by atoms with Crippen molar-refractivity contribution in [2.45, 2.75) is 18.1 Å². The Morgan fingerprint density at radius 1 is 1.43 bits per heavy atom. The first-order chi connectivity index (χ1) is 9.99. The molecule has 0 N–H and O–H groups in total. The van der Waals surface area contributed by atoms with Crippen molar-refractivity contribution in [1.82, 2.24) is 25.1 Å². The van der Waals surface area contributed by atoms with Gasteiger partial charge in [0.05, 0.1) is 11.8 Å². The zero-order chi connectivity index (χ0) is 15.4. The number of nitrogens with zero attached hydrogens (tertiary/aromatic N) is 5. The maximum absolute atomic E-state index is 12.9. The van der Waals surface area contributed by atoms with Gasteiger partial charge in [-0.15, -0.1) is 5.10 Å². The summed E-state index contributed by atoms with van der Waals surface area (Å²) >= 11 is 1.28. The highest BCUT2D eigenvalue weighted by atomic mass is 32.2. The number of benzene rings is 1. The summed E-state index contributed by atoms with van der Waals surface area (Å²) in [5, 5.41) is 11.6. The Morgan fingerprint density at radius 2 is 2.10 bits per heavy atom. The number of hydrogen-bond donors (Lipinski definition) is 0. The molecule has 0 saturated carbocycles. The molecule has 1 heterocycles. The van der Waals surface area contributed by atoms with Crippen LogP contribution in [0.25, 0.3) is 0 Å². The summed E-state index contributed by atoms with van der Waals surface area (Å²) in [6.45, 7) is 1.90. The van der Waals surface area contributed by atoms with Crippen LogP contribution in [0.5, 0.6) is 0 Å². The van der Waals surface area contributed by atoms with E-state index in [9.17, 15) is 9.18 Å². The predicted molar refractivity (Wildman–Crippen MR) is 77.1 cm³/mol. The van der Waals surface area contributed by atoms with Crippen LogP contribution in [0.15, 0.2) is 29.4 Å². The number of carbonyl (C=O) groups is 1. The molecular weight excluding hydrogens is 293 g/mol. The monoisotopic (exact) mass is 309 g/mol. The Bertz CT molecular complexity index is 615. The standard InChI is InChI=1S/C13H16FN5OS/c1-9(10-4-6-11(14)7-5-10)18(2)12(20)8-21-13-15-16-17-19(13)3/h4-7,9H,8H2,1-3H3/t9-/m0/s1. The van der Waals surface area contributed by atoms with Crippen LogP contribution in [-0.4, -0.2) is 43.8 Å². The van der Waals surface area contributed by atoms with Crippen molar-refractivity contribution in [3.05, 3.63) is 35.6 Å². The quantitative estimate of drug-likeness (QED) is 0.786. The highest BCUT2D eigenvalue weighted by Gasteiger charge is 2.18. The van der Waals surface area contributed by atoms with Gasteiger partial charge < -0.3 is 4.90 Å². The van der Waals surface area contributed by atoms with E-state index in [1.807, 2.05) is 6.92 Å². The number of halogens is 1. The molecule has 2 aromatic rings. The fourth-order valence-electron chi connectivity index (χ4n) is 1.75. The number of tetrazole rings is 1. The fraction of sp³-hybridized carbons (Fsp3) is 0.385. The largest absolute Gasteiger partial charge is 0.338 e. The lowest BCUT2D eigenvalue weighted by Crippen LogP contribution is -2.31. The molecule has 0 bridgehead atoms. The molecule has 0 aliphatic carbocycles. The summed E-state index contributed by atoms with van der Waals surface area (Å²) in [5.41, 5.74) is 0.887. The average molecular weight is 309 g/mol. The third-order valence-corrected chi connectivity index (χ3v) is 4.23. The molecule has 1 amide bonds. The normalized spacial score (nSPS) is 12.2. The minimum atomic E-state index is -0.287. The van der Waals surface area contributed by atoms with Crippen molar-refractivity contribution < 1.29 is 9.18 Å². The maximum atomic E-state index is 12.9. The molecule has 8 heteroatoms. The van der Waals surface area contributed by atoms with E-state index in [2.05, 4.69) is 15.5 Å². The highest BCUT2D eigenvalue weighted by Crippen LogP contribution is 2.21. The SMILES string of the molecule is C[C@@H](c1ccc(F)cc1)N(C)C(=O)CSc1nnnn1C. The lowest BCUT2D eigenvalue weighted by molar-refractivity contribution is -0.128. The first kappa shape index (κ1) is 15.4. The lowest BCUT2D eigenvalue weighted by Gasteiger charge is -2.25. The van der Waals surface area contributed by atoms with Gasteiger partial charge in [-0.2, -0.15) is 0 Å². The molecule has 1 atom stereocenters. The fourth-order valence-corrected chi connectivity index (χ4v) is 2.53. The highest BCUT2D eigenvalue weighted by molar-refractivity contribution is 7.99. The van der Waals surface area contributed by atoms with E-state index in [-0.39, 0.29) is 23.5 Å². The van der Waals surface area contributed by atoms with Gasteiger partial charge in [-0.1, -0.05) is 23.9 Å². The van der Waals surface area contributed by atoms with Crippen molar-refractivity contribution in [2.24, 2.45) is 7.05 Å². The molecule has 21 heavy (non-hydrogen) atoms. The lowest BCUT2D eigenvalue weighted by atomic mass is 10.1. The summed E-state index contributed by atoms with van der Waals surface area (Å²) in [4.78, 5) is 13.8. The van der Waals surface area contributed by atoms with Crippen LogP contribution in [0, 0.1) is 5.82 Å². The van der Waals surface area contributed by atoms with Crippen LogP contribution in [0.2, 0.25) is 0 Å². The van der Waals surface area contributed by atoms with E-state index >= 15 is 0 Å². The van der Waals surface area contributed by atoms with Crippen LogP contribution < -0.4 is 0 Å².